The van der Waals surface area contributed by atoms with Crippen LogP contribution in [0.15, 0.2) is 11.2 Å². The number of nitrogens with zero attached hydrogens (tertiary/aromatic N) is 2. The van der Waals surface area contributed by atoms with Crippen molar-refractivity contribution < 1.29 is 4.74 Å². The third-order valence-corrected chi connectivity index (χ3v) is 3.90. The summed E-state index contributed by atoms with van der Waals surface area (Å²) in [5.74, 6) is 6.77. The number of thioether (sulfide) groups is 1. The largest absolute Gasteiger partial charge is 0.376 e. The van der Waals surface area contributed by atoms with Crippen LogP contribution in [0.5, 0.6) is 0 Å². The van der Waals surface area contributed by atoms with Gasteiger partial charge >= 0.3 is 0 Å². The molecule has 112 valence electrons. The fourth-order valence-electron chi connectivity index (χ4n) is 2.32. The maximum absolute atomic E-state index is 5.87. The number of hydrazine groups is 1. The van der Waals surface area contributed by atoms with E-state index in [4.69, 9.17) is 10.6 Å². The molecule has 7 heteroatoms. The lowest BCUT2D eigenvalue weighted by molar-refractivity contribution is 0.0347. The predicted octanol–water partition coefficient (Wildman–Crippen LogP) is 2.25. The number of rotatable bonds is 7. The number of nitrogen functional groups attached to an aromatic ring is 1. The zero-order valence-corrected chi connectivity index (χ0v) is 12.7. The molecule has 1 heterocycles. The molecule has 1 aliphatic carbocycles. The SMILES string of the molecule is CSc1nc(NN)cc(NCCOC2CCCCC2)n1. The number of hydrogen-bond acceptors (Lipinski definition) is 7. The minimum absolute atomic E-state index is 0.443. The van der Waals surface area contributed by atoms with Gasteiger partial charge in [-0.2, -0.15) is 0 Å². The lowest BCUT2D eigenvalue weighted by Gasteiger charge is -2.22. The molecule has 1 aromatic heterocycles. The van der Waals surface area contributed by atoms with Gasteiger partial charge in [0.2, 0.25) is 0 Å². The molecule has 0 aromatic carbocycles. The first-order chi connectivity index (χ1) is 9.81. The molecule has 0 aliphatic heterocycles. The van der Waals surface area contributed by atoms with Crippen LogP contribution in [0.4, 0.5) is 11.6 Å². The molecule has 2 rings (SSSR count). The summed E-state index contributed by atoms with van der Waals surface area (Å²) in [6.07, 6.45) is 8.73. The Morgan fingerprint density at radius 2 is 2.05 bits per heavy atom. The van der Waals surface area contributed by atoms with Crippen molar-refractivity contribution in [2.75, 3.05) is 30.1 Å². The van der Waals surface area contributed by atoms with Gasteiger partial charge in [0.1, 0.15) is 11.6 Å². The Morgan fingerprint density at radius 1 is 1.30 bits per heavy atom. The molecule has 0 saturated heterocycles. The first-order valence-electron chi connectivity index (χ1n) is 7.07. The third-order valence-electron chi connectivity index (χ3n) is 3.35. The highest BCUT2D eigenvalue weighted by molar-refractivity contribution is 7.98. The zero-order chi connectivity index (χ0) is 14.2. The van der Waals surface area contributed by atoms with Crippen LogP contribution < -0.4 is 16.6 Å². The van der Waals surface area contributed by atoms with E-state index in [9.17, 15) is 0 Å². The molecule has 0 bridgehead atoms. The van der Waals surface area contributed by atoms with Gasteiger partial charge in [-0.05, 0) is 19.1 Å². The maximum Gasteiger partial charge on any atom is 0.191 e. The van der Waals surface area contributed by atoms with Crippen molar-refractivity contribution >= 4 is 23.4 Å². The van der Waals surface area contributed by atoms with Crippen LogP contribution >= 0.6 is 11.8 Å². The monoisotopic (exact) mass is 297 g/mol. The van der Waals surface area contributed by atoms with Crippen molar-refractivity contribution in [1.82, 2.24) is 9.97 Å². The van der Waals surface area contributed by atoms with Gasteiger partial charge in [0.05, 0.1) is 12.7 Å². The van der Waals surface area contributed by atoms with E-state index >= 15 is 0 Å². The van der Waals surface area contributed by atoms with Gasteiger partial charge < -0.3 is 15.5 Å². The van der Waals surface area contributed by atoms with Crippen molar-refractivity contribution in [1.29, 1.82) is 0 Å². The van der Waals surface area contributed by atoms with E-state index in [1.165, 1.54) is 43.9 Å². The minimum Gasteiger partial charge on any atom is -0.376 e. The second kappa shape index (κ2) is 8.28. The zero-order valence-electron chi connectivity index (χ0n) is 11.9. The van der Waals surface area contributed by atoms with Gasteiger partial charge in [0.15, 0.2) is 5.16 Å². The van der Waals surface area contributed by atoms with E-state index in [-0.39, 0.29) is 0 Å². The average Bonchev–Trinajstić information content (AvgIpc) is 2.52. The first kappa shape index (κ1) is 15.3. The lowest BCUT2D eigenvalue weighted by Crippen LogP contribution is -2.21. The molecule has 1 fully saturated rings. The number of ether oxygens (including phenoxy) is 1. The molecular weight excluding hydrogens is 274 g/mol. The number of aromatic nitrogens is 2. The Kier molecular flexibility index (Phi) is 6.35. The Labute approximate surface area is 124 Å². The molecular formula is C13H23N5OS. The summed E-state index contributed by atoms with van der Waals surface area (Å²) >= 11 is 1.49. The van der Waals surface area contributed by atoms with Gasteiger partial charge in [0.25, 0.3) is 0 Å². The van der Waals surface area contributed by atoms with Gasteiger partial charge in [-0.3, -0.25) is 0 Å². The van der Waals surface area contributed by atoms with Gasteiger partial charge in [-0.25, -0.2) is 15.8 Å². The Balaban J connectivity index is 1.75. The van der Waals surface area contributed by atoms with E-state index in [0.29, 0.717) is 23.7 Å². The summed E-state index contributed by atoms with van der Waals surface area (Å²) in [6.45, 7) is 1.44. The summed E-state index contributed by atoms with van der Waals surface area (Å²) in [7, 11) is 0. The molecule has 1 aliphatic rings. The summed E-state index contributed by atoms with van der Waals surface area (Å²) in [5, 5.41) is 3.94. The summed E-state index contributed by atoms with van der Waals surface area (Å²) in [6, 6.07) is 1.79. The fraction of sp³-hybridized carbons (Fsp3) is 0.692. The Bertz CT molecular complexity index is 389. The number of nitrogens with two attached hydrogens (primary N) is 1. The maximum atomic E-state index is 5.87. The van der Waals surface area contributed by atoms with Crippen LogP contribution in [-0.4, -0.2) is 35.5 Å². The second-order valence-corrected chi connectivity index (χ2v) is 5.60. The topological polar surface area (TPSA) is 85.1 Å². The summed E-state index contributed by atoms with van der Waals surface area (Å²) in [5.41, 5.74) is 2.55. The molecule has 0 amide bonds. The summed E-state index contributed by atoms with van der Waals surface area (Å²) in [4.78, 5) is 8.59. The molecule has 6 nitrogen and oxygen atoms in total. The molecule has 0 unspecified atom stereocenters. The molecule has 0 spiro atoms. The second-order valence-electron chi connectivity index (χ2n) is 4.83. The quantitative estimate of drug-likeness (QED) is 0.234. The Hall–Kier alpha value is -1.05. The number of hydrogen-bond donors (Lipinski definition) is 3. The van der Waals surface area contributed by atoms with Crippen LogP contribution in [0.3, 0.4) is 0 Å². The third kappa shape index (κ3) is 4.81. The van der Waals surface area contributed by atoms with Crippen LogP contribution in [0.1, 0.15) is 32.1 Å². The van der Waals surface area contributed by atoms with Gasteiger partial charge in [0, 0.05) is 12.6 Å². The van der Waals surface area contributed by atoms with Crippen LogP contribution in [0, 0.1) is 0 Å². The Morgan fingerprint density at radius 3 is 2.75 bits per heavy atom. The molecule has 1 aromatic rings. The highest BCUT2D eigenvalue weighted by Crippen LogP contribution is 2.20. The van der Waals surface area contributed by atoms with E-state index in [0.717, 1.165) is 12.4 Å². The van der Waals surface area contributed by atoms with E-state index in [1.807, 2.05) is 6.26 Å². The predicted molar refractivity (Wildman–Crippen MR) is 82.9 cm³/mol. The van der Waals surface area contributed by atoms with Crippen LogP contribution in [0.2, 0.25) is 0 Å². The number of nitrogens with one attached hydrogen (secondary N) is 2. The highest BCUT2D eigenvalue weighted by Gasteiger charge is 2.13. The molecule has 1 saturated carbocycles. The average molecular weight is 297 g/mol. The lowest BCUT2D eigenvalue weighted by atomic mass is 9.98. The van der Waals surface area contributed by atoms with E-state index in [1.54, 1.807) is 6.07 Å². The van der Waals surface area contributed by atoms with Crippen LogP contribution in [-0.2, 0) is 4.74 Å². The standard InChI is InChI=1S/C13H23N5OS/c1-20-13-16-11(9-12(17-13)18-14)15-7-8-19-10-5-3-2-4-6-10/h9-10H,2-8,14H2,1H3,(H2,15,16,17,18). The van der Waals surface area contributed by atoms with E-state index < -0.39 is 0 Å². The molecule has 20 heavy (non-hydrogen) atoms. The van der Waals surface area contributed by atoms with Gasteiger partial charge in [-0.1, -0.05) is 31.0 Å². The molecule has 4 N–H and O–H groups in total. The molecule has 0 atom stereocenters. The van der Waals surface area contributed by atoms with Crippen molar-refractivity contribution in [2.45, 2.75) is 43.4 Å². The van der Waals surface area contributed by atoms with Crippen molar-refractivity contribution in [3.8, 4) is 0 Å². The smallest absolute Gasteiger partial charge is 0.191 e. The molecule has 0 radical (unpaired) electrons. The minimum atomic E-state index is 0.443. The fourth-order valence-corrected chi connectivity index (χ4v) is 2.70. The van der Waals surface area contributed by atoms with E-state index in [2.05, 4.69) is 20.7 Å². The first-order valence-corrected chi connectivity index (χ1v) is 8.29. The van der Waals surface area contributed by atoms with Crippen LogP contribution in [0.25, 0.3) is 0 Å². The van der Waals surface area contributed by atoms with Crippen molar-refractivity contribution in [2.24, 2.45) is 5.84 Å². The van der Waals surface area contributed by atoms with Gasteiger partial charge in [-0.15, -0.1) is 0 Å². The normalized spacial score (nSPS) is 16.1. The van der Waals surface area contributed by atoms with Crippen molar-refractivity contribution in [3.05, 3.63) is 6.07 Å². The highest BCUT2D eigenvalue weighted by atomic mass is 32.2. The van der Waals surface area contributed by atoms with Crippen molar-refractivity contribution in [3.63, 3.8) is 0 Å². The summed E-state index contributed by atoms with van der Waals surface area (Å²) < 4.78 is 5.87. The number of anilines is 2.